The maximum atomic E-state index is 12.6. The van der Waals surface area contributed by atoms with Gasteiger partial charge in [0, 0.05) is 18.3 Å². The van der Waals surface area contributed by atoms with Crippen molar-refractivity contribution in [2.45, 2.75) is 19.1 Å². The Morgan fingerprint density at radius 3 is 2.61 bits per heavy atom. The first-order chi connectivity index (χ1) is 15.1. The van der Waals surface area contributed by atoms with Crippen LogP contribution in [0.25, 0.3) is 0 Å². The van der Waals surface area contributed by atoms with Crippen molar-refractivity contribution in [1.82, 2.24) is 20.7 Å². The molecule has 2 amide bonds. The number of carbonyl (C=O) groups is 2. The molecule has 2 aromatic carbocycles. The second-order valence-corrected chi connectivity index (χ2v) is 6.55. The highest BCUT2D eigenvalue weighted by Gasteiger charge is 2.22. The van der Waals surface area contributed by atoms with Gasteiger partial charge >= 0.3 is 6.09 Å². The minimum atomic E-state index is -0.906. The summed E-state index contributed by atoms with van der Waals surface area (Å²) in [5.74, 6) is 0.232. The molecule has 0 radical (unpaired) electrons. The van der Waals surface area contributed by atoms with Crippen LogP contribution in [0.4, 0.5) is 4.79 Å². The Kier molecular flexibility index (Phi) is 7.76. The number of H-pyrrole nitrogens is 1. The smallest absolute Gasteiger partial charge is 0.408 e. The van der Waals surface area contributed by atoms with Gasteiger partial charge in [-0.05, 0) is 35.4 Å². The van der Waals surface area contributed by atoms with Crippen molar-refractivity contribution >= 4 is 18.2 Å². The van der Waals surface area contributed by atoms with E-state index in [2.05, 4.69) is 25.8 Å². The molecule has 0 aliphatic carbocycles. The van der Waals surface area contributed by atoms with Crippen molar-refractivity contribution in [3.8, 4) is 5.75 Å². The molecule has 3 N–H and O–H groups in total. The molecule has 0 bridgehead atoms. The van der Waals surface area contributed by atoms with Gasteiger partial charge in [0.05, 0.1) is 19.7 Å². The van der Waals surface area contributed by atoms with E-state index in [0.29, 0.717) is 5.69 Å². The maximum absolute atomic E-state index is 12.6. The Bertz CT molecular complexity index is 989. The highest BCUT2D eigenvalue weighted by Crippen LogP contribution is 2.09. The van der Waals surface area contributed by atoms with Gasteiger partial charge < -0.3 is 19.8 Å². The van der Waals surface area contributed by atoms with Gasteiger partial charge in [0.2, 0.25) is 0 Å². The molecule has 0 spiro atoms. The standard InChI is InChI=1S/C22H23N5O4/c1-30-19-9-7-16(8-10-19)12-25-27-21(28)20(11-18-13-23-15-24-18)26-22(29)31-14-17-5-3-2-4-6-17/h2-10,12-13,15,20H,11,14H2,1H3,(H,23,24)(H,26,29)(H,27,28)/b25-12-/t20-/m0/s1. The lowest BCUT2D eigenvalue weighted by atomic mass is 10.1. The van der Waals surface area contributed by atoms with Crippen molar-refractivity contribution in [3.05, 3.63) is 83.9 Å². The van der Waals surface area contributed by atoms with E-state index in [4.69, 9.17) is 9.47 Å². The van der Waals surface area contributed by atoms with Crippen molar-refractivity contribution in [1.29, 1.82) is 0 Å². The minimum Gasteiger partial charge on any atom is -0.497 e. The van der Waals surface area contributed by atoms with Gasteiger partial charge in [-0.25, -0.2) is 15.2 Å². The summed E-state index contributed by atoms with van der Waals surface area (Å²) in [4.78, 5) is 31.7. The van der Waals surface area contributed by atoms with E-state index in [1.807, 2.05) is 30.3 Å². The number of nitrogens with one attached hydrogen (secondary N) is 3. The van der Waals surface area contributed by atoms with E-state index in [0.717, 1.165) is 16.9 Å². The molecular formula is C22H23N5O4. The average molecular weight is 421 g/mol. The number of aromatic nitrogens is 2. The molecule has 9 heteroatoms. The van der Waals surface area contributed by atoms with Gasteiger partial charge in [0.1, 0.15) is 18.4 Å². The molecule has 31 heavy (non-hydrogen) atoms. The number of aromatic amines is 1. The first-order valence-electron chi connectivity index (χ1n) is 9.55. The Morgan fingerprint density at radius 2 is 1.94 bits per heavy atom. The largest absolute Gasteiger partial charge is 0.497 e. The zero-order valence-electron chi connectivity index (χ0n) is 16.9. The first-order valence-corrected chi connectivity index (χ1v) is 9.55. The third kappa shape index (κ3) is 7.00. The number of carbonyl (C=O) groups excluding carboxylic acids is 2. The number of hydrogen-bond acceptors (Lipinski definition) is 6. The van der Waals surface area contributed by atoms with Crippen molar-refractivity contribution < 1.29 is 19.1 Å². The van der Waals surface area contributed by atoms with Crippen LogP contribution in [0.5, 0.6) is 5.75 Å². The first kappa shape index (κ1) is 21.6. The molecular weight excluding hydrogens is 398 g/mol. The highest BCUT2D eigenvalue weighted by atomic mass is 16.5. The molecule has 0 fully saturated rings. The van der Waals surface area contributed by atoms with Crippen molar-refractivity contribution in [2.24, 2.45) is 5.10 Å². The summed E-state index contributed by atoms with van der Waals surface area (Å²) >= 11 is 0. The van der Waals surface area contributed by atoms with E-state index in [1.165, 1.54) is 12.5 Å². The van der Waals surface area contributed by atoms with Crippen LogP contribution in [-0.4, -0.2) is 41.3 Å². The van der Waals surface area contributed by atoms with Crippen LogP contribution in [0.2, 0.25) is 0 Å². The van der Waals surface area contributed by atoms with Gasteiger partial charge in [-0.15, -0.1) is 0 Å². The normalized spacial score (nSPS) is 11.6. The van der Waals surface area contributed by atoms with E-state index in [9.17, 15) is 9.59 Å². The second kappa shape index (κ2) is 11.1. The van der Waals surface area contributed by atoms with Gasteiger partial charge in [-0.3, -0.25) is 4.79 Å². The van der Waals surface area contributed by atoms with Crippen LogP contribution < -0.4 is 15.5 Å². The molecule has 3 aromatic rings. The number of hydrazone groups is 1. The molecule has 9 nitrogen and oxygen atoms in total. The topological polar surface area (TPSA) is 118 Å². The predicted octanol–water partition coefficient (Wildman–Crippen LogP) is 2.41. The van der Waals surface area contributed by atoms with Crippen LogP contribution in [0.1, 0.15) is 16.8 Å². The summed E-state index contributed by atoms with van der Waals surface area (Å²) in [5, 5.41) is 6.54. The van der Waals surface area contributed by atoms with Crippen LogP contribution >= 0.6 is 0 Å². The van der Waals surface area contributed by atoms with Crippen LogP contribution in [-0.2, 0) is 22.6 Å². The predicted molar refractivity (Wildman–Crippen MR) is 115 cm³/mol. The maximum Gasteiger partial charge on any atom is 0.408 e. The molecule has 0 aliphatic heterocycles. The molecule has 0 saturated heterocycles. The number of imidazole rings is 1. The fourth-order valence-corrected chi connectivity index (χ4v) is 2.67. The SMILES string of the molecule is COc1ccc(/C=N\NC(=O)[C@H](Cc2cnc[nH]2)NC(=O)OCc2ccccc2)cc1. The molecule has 1 heterocycles. The number of amides is 2. The molecule has 1 atom stereocenters. The number of methoxy groups -OCH3 is 1. The summed E-state index contributed by atoms with van der Waals surface area (Å²) in [6, 6.07) is 15.5. The van der Waals surface area contributed by atoms with Crippen LogP contribution in [0.3, 0.4) is 0 Å². The number of hydrogen-bond donors (Lipinski definition) is 3. The fraction of sp³-hybridized carbons (Fsp3) is 0.182. The Balaban J connectivity index is 1.58. The fourth-order valence-electron chi connectivity index (χ4n) is 2.67. The lowest BCUT2D eigenvalue weighted by Gasteiger charge is -2.16. The summed E-state index contributed by atoms with van der Waals surface area (Å²) in [7, 11) is 1.58. The summed E-state index contributed by atoms with van der Waals surface area (Å²) in [6.07, 6.45) is 4.07. The Morgan fingerprint density at radius 1 is 1.16 bits per heavy atom. The van der Waals surface area contributed by atoms with Gasteiger partial charge in [-0.2, -0.15) is 5.10 Å². The second-order valence-electron chi connectivity index (χ2n) is 6.55. The van der Waals surface area contributed by atoms with E-state index >= 15 is 0 Å². The summed E-state index contributed by atoms with van der Waals surface area (Å²) in [5.41, 5.74) is 4.75. The van der Waals surface area contributed by atoms with E-state index in [1.54, 1.807) is 37.6 Å². The zero-order chi connectivity index (χ0) is 21.9. The average Bonchev–Trinajstić information content (AvgIpc) is 3.31. The quantitative estimate of drug-likeness (QED) is 0.362. The van der Waals surface area contributed by atoms with Gasteiger partial charge in [-0.1, -0.05) is 30.3 Å². The number of ether oxygens (including phenoxy) is 2. The number of rotatable bonds is 9. The lowest BCUT2D eigenvalue weighted by molar-refractivity contribution is -0.123. The van der Waals surface area contributed by atoms with E-state index < -0.39 is 18.0 Å². The number of benzene rings is 2. The molecule has 3 rings (SSSR count). The molecule has 160 valence electrons. The number of nitrogens with zero attached hydrogens (tertiary/aromatic N) is 2. The Hall–Kier alpha value is -4.14. The monoisotopic (exact) mass is 421 g/mol. The summed E-state index contributed by atoms with van der Waals surface area (Å²) in [6.45, 7) is 0.0979. The highest BCUT2D eigenvalue weighted by molar-refractivity contribution is 5.87. The lowest BCUT2D eigenvalue weighted by Crippen LogP contribution is -2.47. The summed E-state index contributed by atoms with van der Waals surface area (Å²) < 4.78 is 10.3. The van der Waals surface area contributed by atoms with Gasteiger partial charge in [0.25, 0.3) is 5.91 Å². The van der Waals surface area contributed by atoms with Crippen LogP contribution in [0.15, 0.2) is 72.2 Å². The van der Waals surface area contributed by atoms with Crippen molar-refractivity contribution in [3.63, 3.8) is 0 Å². The third-order valence-corrected chi connectivity index (χ3v) is 4.30. The van der Waals surface area contributed by atoms with E-state index in [-0.39, 0.29) is 13.0 Å². The Labute approximate surface area is 179 Å². The van der Waals surface area contributed by atoms with Crippen LogP contribution in [0, 0.1) is 0 Å². The zero-order valence-corrected chi connectivity index (χ0v) is 16.9. The molecule has 0 aliphatic rings. The van der Waals surface area contributed by atoms with Crippen molar-refractivity contribution in [2.75, 3.05) is 7.11 Å². The third-order valence-electron chi connectivity index (χ3n) is 4.30. The molecule has 1 aromatic heterocycles. The molecule has 0 unspecified atom stereocenters. The number of alkyl carbamates (subject to hydrolysis) is 1. The minimum absolute atomic E-state index is 0.0979. The molecule has 0 saturated carbocycles. The van der Waals surface area contributed by atoms with Gasteiger partial charge in [0.15, 0.2) is 0 Å².